The topological polar surface area (TPSA) is 32.3 Å². The van der Waals surface area contributed by atoms with E-state index < -0.39 is 0 Å². The van der Waals surface area contributed by atoms with Crippen LogP contribution in [-0.4, -0.2) is 36.5 Å². The summed E-state index contributed by atoms with van der Waals surface area (Å²) in [5, 5.41) is 3.28. The van der Waals surface area contributed by atoms with Crippen LogP contribution in [0.15, 0.2) is 0 Å². The first-order chi connectivity index (χ1) is 7.34. The minimum absolute atomic E-state index is 0.173. The van der Waals surface area contributed by atoms with Crippen LogP contribution in [0.3, 0.4) is 0 Å². The average Bonchev–Trinajstić information content (AvgIpc) is 2.21. The second-order valence-corrected chi connectivity index (χ2v) is 5.35. The molecule has 0 aromatic carbocycles. The summed E-state index contributed by atoms with van der Waals surface area (Å²) in [6.07, 6.45) is 2.35. The molecule has 0 aromatic heterocycles. The highest BCUT2D eigenvalue weighted by Gasteiger charge is 2.12. The molecule has 0 aliphatic rings. The fraction of sp³-hybridized carbons (Fsp3) is 0.923. The number of carbonyl (C=O) groups is 1. The van der Waals surface area contributed by atoms with E-state index in [9.17, 15) is 4.79 Å². The van der Waals surface area contributed by atoms with E-state index in [4.69, 9.17) is 0 Å². The molecule has 0 saturated carbocycles. The van der Waals surface area contributed by atoms with Crippen LogP contribution >= 0.6 is 0 Å². The summed E-state index contributed by atoms with van der Waals surface area (Å²) in [4.78, 5) is 13.5. The van der Waals surface area contributed by atoms with Crippen molar-refractivity contribution in [1.82, 2.24) is 10.2 Å². The number of rotatable bonds is 7. The quantitative estimate of drug-likeness (QED) is 0.725. The zero-order valence-electron chi connectivity index (χ0n) is 11.7. The number of nitrogens with one attached hydrogen (secondary N) is 1. The van der Waals surface area contributed by atoms with E-state index in [0.29, 0.717) is 12.6 Å². The molecule has 0 bridgehead atoms. The monoisotopic (exact) mass is 228 g/mol. The third-order valence-electron chi connectivity index (χ3n) is 2.95. The van der Waals surface area contributed by atoms with Gasteiger partial charge in [-0.25, -0.2) is 0 Å². The lowest BCUT2D eigenvalue weighted by molar-refractivity contribution is -0.130. The maximum Gasteiger partial charge on any atom is 0.236 e. The van der Waals surface area contributed by atoms with Crippen LogP contribution in [0.5, 0.6) is 0 Å². The van der Waals surface area contributed by atoms with Crippen molar-refractivity contribution < 1.29 is 4.79 Å². The number of amides is 1. The molecule has 0 rings (SSSR count). The highest BCUT2D eigenvalue weighted by Crippen LogP contribution is 2.06. The first kappa shape index (κ1) is 15.4. The third kappa shape index (κ3) is 6.83. The van der Waals surface area contributed by atoms with Crippen LogP contribution in [0.1, 0.15) is 47.5 Å². The van der Waals surface area contributed by atoms with Crippen molar-refractivity contribution in [1.29, 1.82) is 0 Å². The minimum Gasteiger partial charge on any atom is -0.342 e. The van der Waals surface area contributed by atoms with Crippen molar-refractivity contribution in [2.45, 2.75) is 59.5 Å². The molecule has 0 heterocycles. The van der Waals surface area contributed by atoms with Crippen LogP contribution in [0.25, 0.3) is 0 Å². The van der Waals surface area contributed by atoms with E-state index in [1.54, 1.807) is 4.90 Å². The molecule has 0 saturated heterocycles. The molecule has 3 heteroatoms. The van der Waals surface area contributed by atoms with Gasteiger partial charge in [0, 0.05) is 19.1 Å². The van der Waals surface area contributed by atoms with Gasteiger partial charge in [-0.3, -0.25) is 4.79 Å². The standard InChI is InChI=1S/C13H28N2O/c1-10(2)7-8-12(5)14-9-13(16)15(6)11(3)4/h10-12,14H,7-9H2,1-6H3. The van der Waals surface area contributed by atoms with E-state index in [-0.39, 0.29) is 11.9 Å². The molecule has 3 nitrogen and oxygen atoms in total. The molecule has 0 radical (unpaired) electrons. The number of hydrogen-bond donors (Lipinski definition) is 1. The molecule has 1 N–H and O–H groups in total. The van der Waals surface area contributed by atoms with E-state index in [0.717, 1.165) is 12.3 Å². The van der Waals surface area contributed by atoms with Gasteiger partial charge >= 0.3 is 0 Å². The Kier molecular flexibility index (Phi) is 7.39. The van der Waals surface area contributed by atoms with Crippen LogP contribution in [0.4, 0.5) is 0 Å². The predicted molar refractivity (Wildman–Crippen MR) is 69.4 cm³/mol. The number of carbonyl (C=O) groups excluding carboxylic acids is 1. The van der Waals surface area contributed by atoms with Gasteiger partial charge in [0.15, 0.2) is 0 Å². The summed E-state index contributed by atoms with van der Waals surface area (Å²) in [7, 11) is 1.85. The van der Waals surface area contributed by atoms with Crippen molar-refractivity contribution in [2.24, 2.45) is 5.92 Å². The maximum absolute atomic E-state index is 11.7. The number of likely N-dealkylation sites (N-methyl/N-ethyl adjacent to an activating group) is 1. The molecule has 16 heavy (non-hydrogen) atoms. The summed E-state index contributed by atoms with van der Waals surface area (Å²) in [6.45, 7) is 11.1. The molecule has 1 amide bonds. The summed E-state index contributed by atoms with van der Waals surface area (Å²) in [5.41, 5.74) is 0. The normalized spacial score (nSPS) is 13.2. The molecule has 96 valence electrons. The minimum atomic E-state index is 0.173. The fourth-order valence-electron chi connectivity index (χ4n) is 1.36. The molecular formula is C13H28N2O. The Labute approximate surface area is 101 Å². The first-order valence-electron chi connectivity index (χ1n) is 6.33. The Morgan fingerprint density at radius 2 is 1.69 bits per heavy atom. The van der Waals surface area contributed by atoms with Gasteiger partial charge in [0.1, 0.15) is 0 Å². The zero-order valence-corrected chi connectivity index (χ0v) is 11.7. The highest BCUT2D eigenvalue weighted by atomic mass is 16.2. The van der Waals surface area contributed by atoms with Gasteiger partial charge in [-0.05, 0) is 39.5 Å². The molecule has 0 fully saturated rings. The van der Waals surface area contributed by atoms with Gasteiger partial charge in [0.2, 0.25) is 5.91 Å². The van der Waals surface area contributed by atoms with Gasteiger partial charge in [-0.2, -0.15) is 0 Å². The SMILES string of the molecule is CC(C)CCC(C)NCC(=O)N(C)C(C)C. The van der Waals surface area contributed by atoms with Crippen LogP contribution in [0.2, 0.25) is 0 Å². The zero-order chi connectivity index (χ0) is 12.7. The van der Waals surface area contributed by atoms with Gasteiger partial charge in [0.05, 0.1) is 6.54 Å². The van der Waals surface area contributed by atoms with E-state index in [1.807, 2.05) is 20.9 Å². The van der Waals surface area contributed by atoms with Crippen LogP contribution < -0.4 is 5.32 Å². The van der Waals surface area contributed by atoms with Gasteiger partial charge < -0.3 is 10.2 Å². The maximum atomic E-state index is 11.7. The summed E-state index contributed by atoms with van der Waals surface area (Å²) < 4.78 is 0. The van der Waals surface area contributed by atoms with Crippen molar-refractivity contribution in [3.63, 3.8) is 0 Å². The van der Waals surface area contributed by atoms with Gasteiger partial charge in [0.25, 0.3) is 0 Å². The van der Waals surface area contributed by atoms with Crippen LogP contribution in [-0.2, 0) is 4.79 Å². The van der Waals surface area contributed by atoms with Crippen LogP contribution in [0, 0.1) is 5.92 Å². The lowest BCUT2D eigenvalue weighted by Gasteiger charge is -2.23. The Morgan fingerprint density at radius 3 is 2.12 bits per heavy atom. The van der Waals surface area contributed by atoms with Crippen molar-refractivity contribution in [3.8, 4) is 0 Å². The van der Waals surface area contributed by atoms with Crippen molar-refractivity contribution >= 4 is 5.91 Å². The first-order valence-corrected chi connectivity index (χ1v) is 6.33. The summed E-state index contributed by atoms with van der Waals surface area (Å²) in [6, 6.07) is 0.701. The number of hydrogen-bond acceptors (Lipinski definition) is 2. The largest absolute Gasteiger partial charge is 0.342 e. The Morgan fingerprint density at radius 1 is 1.12 bits per heavy atom. The molecule has 1 unspecified atom stereocenters. The molecule has 0 aliphatic carbocycles. The van der Waals surface area contributed by atoms with E-state index in [1.165, 1.54) is 6.42 Å². The molecule has 1 atom stereocenters. The van der Waals surface area contributed by atoms with Crippen molar-refractivity contribution in [3.05, 3.63) is 0 Å². The smallest absolute Gasteiger partial charge is 0.236 e. The van der Waals surface area contributed by atoms with E-state index >= 15 is 0 Å². The Balaban J connectivity index is 3.75. The van der Waals surface area contributed by atoms with Gasteiger partial charge in [-0.1, -0.05) is 13.8 Å². The summed E-state index contributed by atoms with van der Waals surface area (Å²) >= 11 is 0. The second kappa shape index (κ2) is 7.66. The number of nitrogens with zero attached hydrogens (tertiary/aromatic N) is 1. The molecule has 0 aliphatic heterocycles. The third-order valence-corrected chi connectivity index (χ3v) is 2.95. The second-order valence-electron chi connectivity index (χ2n) is 5.35. The van der Waals surface area contributed by atoms with E-state index in [2.05, 4.69) is 26.1 Å². The predicted octanol–water partition coefficient (Wildman–Crippen LogP) is 2.27. The van der Waals surface area contributed by atoms with Gasteiger partial charge in [-0.15, -0.1) is 0 Å². The fourth-order valence-corrected chi connectivity index (χ4v) is 1.36. The average molecular weight is 228 g/mol. The molecular weight excluding hydrogens is 200 g/mol. The summed E-state index contributed by atoms with van der Waals surface area (Å²) in [5.74, 6) is 0.907. The Bertz CT molecular complexity index is 202. The Hall–Kier alpha value is -0.570. The lowest BCUT2D eigenvalue weighted by atomic mass is 10.0. The molecule has 0 aromatic rings. The molecule has 0 spiro atoms. The van der Waals surface area contributed by atoms with Crippen molar-refractivity contribution in [2.75, 3.05) is 13.6 Å². The lowest BCUT2D eigenvalue weighted by Crippen LogP contribution is -2.41. The highest BCUT2D eigenvalue weighted by molar-refractivity contribution is 5.78.